The third-order valence-corrected chi connectivity index (χ3v) is 0. The molecule has 0 bridgehead atoms. The van der Waals surface area contributed by atoms with Crippen LogP contribution in [0.2, 0.25) is 0 Å². The fourth-order valence-corrected chi connectivity index (χ4v) is 0. The van der Waals surface area contributed by atoms with E-state index in [1.807, 2.05) is 0 Å². The van der Waals surface area contributed by atoms with Gasteiger partial charge in [0.05, 0.1) is 0 Å². The average molecular weight is 621 g/mol. The summed E-state index contributed by atoms with van der Waals surface area (Å²) >= 11 is 0. The van der Waals surface area contributed by atoms with Gasteiger partial charge < -0.3 is 13.7 Å². The molecule has 0 aliphatic carbocycles. The molecule has 18 heavy (non-hydrogen) atoms. The third-order valence-electron chi connectivity index (χ3n) is 0. The maximum Gasteiger partial charge on any atom is 1.00 e. The Bertz CT molecular complexity index is 353. The Labute approximate surface area is 148 Å². The van der Waals surface area contributed by atoms with Gasteiger partial charge in [-0.05, 0) is 0 Å². The number of hydrogen-bond acceptors (Lipinski definition) is 9. The van der Waals surface area contributed by atoms with Crippen LogP contribution in [-0.2, 0) is 98.7 Å². The van der Waals surface area contributed by atoms with Gasteiger partial charge in [-0.15, -0.1) is 11.7 Å². The fourth-order valence-electron chi connectivity index (χ4n) is 0. The Morgan fingerprint density at radius 1 is 0.500 bits per heavy atom. The summed E-state index contributed by atoms with van der Waals surface area (Å²) in [6, 6.07) is 0. The van der Waals surface area contributed by atoms with Gasteiger partial charge in [0.2, 0.25) is 0 Å². The summed E-state index contributed by atoms with van der Waals surface area (Å²) in [5.41, 5.74) is 0. The minimum Gasteiger partial charge on any atom is -0.722 e. The van der Waals surface area contributed by atoms with E-state index in [1.165, 1.54) is 0 Å². The van der Waals surface area contributed by atoms with Gasteiger partial charge in [0, 0.05) is 0 Å². The Balaban J connectivity index is -0.0000000277. The summed E-state index contributed by atoms with van der Waals surface area (Å²) in [7, 11) is -16.2. The molecule has 0 aromatic rings. The van der Waals surface area contributed by atoms with Crippen molar-refractivity contribution in [2.75, 3.05) is 0 Å². The van der Waals surface area contributed by atoms with Crippen LogP contribution in [0.4, 0.5) is 11.7 Å². The zero-order valence-electron chi connectivity index (χ0n) is 6.94. The van der Waals surface area contributed by atoms with Crippen molar-refractivity contribution in [2.24, 2.45) is 0 Å². The molecule has 126 valence electrons. The van der Waals surface area contributed by atoms with Gasteiger partial charge >= 0.3 is 67.1 Å². The van der Waals surface area contributed by atoms with Crippen molar-refractivity contribution in [3.8, 4) is 0 Å². The van der Waals surface area contributed by atoms with Crippen LogP contribution < -0.4 is 0 Å². The quantitative estimate of drug-likeness (QED) is 0.173. The normalized spacial score (nSPS) is 9.67. The van der Waals surface area contributed by atoms with Crippen LogP contribution in [0.3, 0.4) is 0 Å². The molecule has 0 heterocycles. The van der Waals surface area contributed by atoms with Crippen molar-refractivity contribution < 1.29 is 118 Å². The van der Waals surface area contributed by atoms with E-state index in [2.05, 4.69) is 0 Å². The van der Waals surface area contributed by atoms with Crippen LogP contribution in [0.15, 0.2) is 0 Å². The van der Waals surface area contributed by atoms with E-state index in [4.69, 9.17) is 38.9 Å². The standard InChI is InChI=1S/3Ag.3FHO3S/c;;;3*1-5(2,3)4/h;;;3*(H,2,3,4)/q3*+1;;;/p-3. The van der Waals surface area contributed by atoms with Crippen molar-refractivity contribution in [3.05, 3.63) is 0 Å². The van der Waals surface area contributed by atoms with E-state index in [-0.39, 0.29) is 67.1 Å². The zero-order chi connectivity index (χ0) is 13.5. The largest absolute Gasteiger partial charge is 1.00 e. The van der Waals surface area contributed by atoms with Gasteiger partial charge in [-0.2, -0.15) is 0 Å². The van der Waals surface area contributed by atoms with Gasteiger partial charge in [0.1, 0.15) is 0 Å². The molecule has 0 aromatic carbocycles. The van der Waals surface area contributed by atoms with Crippen LogP contribution in [0.1, 0.15) is 0 Å². The van der Waals surface area contributed by atoms with Crippen LogP contribution >= 0.6 is 0 Å². The molecule has 0 fully saturated rings. The predicted molar refractivity (Wildman–Crippen MR) is 32.4 cm³/mol. The molecule has 0 aliphatic heterocycles. The maximum atomic E-state index is 10.1. The van der Waals surface area contributed by atoms with Crippen molar-refractivity contribution in [1.29, 1.82) is 0 Å². The molecule has 0 aromatic heterocycles. The second-order valence-electron chi connectivity index (χ2n) is 1.18. The van der Waals surface area contributed by atoms with E-state index in [0.717, 1.165) is 0 Å². The molecule has 0 radical (unpaired) electrons. The van der Waals surface area contributed by atoms with E-state index < -0.39 is 31.5 Å². The van der Waals surface area contributed by atoms with Crippen molar-refractivity contribution in [3.63, 3.8) is 0 Å². The molecule has 18 heteroatoms. The van der Waals surface area contributed by atoms with Crippen molar-refractivity contribution in [1.82, 2.24) is 0 Å². The van der Waals surface area contributed by atoms with Gasteiger partial charge in [0.15, 0.2) is 0 Å². The Morgan fingerprint density at radius 3 is 0.500 bits per heavy atom. The van der Waals surface area contributed by atoms with Crippen molar-refractivity contribution >= 4 is 31.5 Å². The Hall–Kier alpha value is 1.74. The van der Waals surface area contributed by atoms with Gasteiger partial charge in [-0.3, -0.25) is 0 Å². The first-order chi connectivity index (χ1) is 6.00. The minimum atomic E-state index is -5.42. The molecule has 9 nitrogen and oxygen atoms in total. The Morgan fingerprint density at radius 2 is 0.500 bits per heavy atom. The second kappa shape index (κ2) is 15.1. The zero-order valence-corrected chi connectivity index (χ0v) is 13.8. The number of hydrogen-bond donors (Lipinski definition) is 0. The van der Waals surface area contributed by atoms with E-state index in [9.17, 15) is 11.7 Å². The Kier molecular flexibility index (Phi) is 30.9. The molecule has 0 amide bonds. The first kappa shape index (κ1) is 36.7. The summed E-state index contributed by atoms with van der Waals surface area (Å²) in [6.45, 7) is 0. The maximum absolute atomic E-state index is 10.1. The first-order valence-corrected chi connectivity index (χ1v) is 5.89. The molecular weight excluding hydrogens is 621 g/mol. The van der Waals surface area contributed by atoms with Gasteiger partial charge in [-0.25, -0.2) is 25.3 Å². The monoisotopic (exact) mass is 618 g/mol. The summed E-state index contributed by atoms with van der Waals surface area (Å²) < 4.78 is 106. The minimum absolute atomic E-state index is 0. The van der Waals surface area contributed by atoms with E-state index >= 15 is 0 Å². The van der Waals surface area contributed by atoms with Crippen LogP contribution in [0, 0.1) is 0 Å². The molecule has 0 saturated heterocycles. The topological polar surface area (TPSA) is 172 Å². The van der Waals surface area contributed by atoms with E-state index in [1.54, 1.807) is 0 Å². The number of halogens is 3. The summed E-state index contributed by atoms with van der Waals surface area (Å²) in [4.78, 5) is 0. The van der Waals surface area contributed by atoms with Gasteiger partial charge in [0.25, 0.3) is 31.5 Å². The molecule has 0 rings (SSSR count). The summed E-state index contributed by atoms with van der Waals surface area (Å²) in [5.74, 6) is 0. The number of rotatable bonds is 0. The summed E-state index contributed by atoms with van der Waals surface area (Å²) in [6.07, 6.45) is 0. The van der Waals surface area contributed by atoms with Crippen LogP contribution in [0.25, 0.3) is 0 Å². The molecule has 0 N–H and O–H groups in total. The summed E-state index contributed by atoms with van der Waals surface area (Å²) in [5, 5.41) is 0. The van der Waals surface area contributed by atoms with Crippen LogP contribution in [-0.4, -0.2) is 38.9 Å². The molecular formula is Ag3F3O9S3. The van der Waals surface area contributed by atoms with E-state index in [0.29, 0.717) is 0 Å². The molecule has 0 spiro atoms. The first-order valence-electron chi connectivity index (χ1n) is 1.96. The van der Waals surface area contributed by atoms with Crippen LogP contribution in [0.5, 0.6) is 0 Å². The smallest absolute Gasteiger partial charge is 0.722 e. The molecule has 0 atom stereocenters. The average Bonchev–Trinajstić information content (AvgIpc) is 1.41. The van der Waals surface area contributed by atoms with Gasteiger partial charge in [-0.1, -0.05) is 0 Å². The third kappa shape index (κ3) is 1640. The second-order valence-corrected chi connectivity index (χ2v) is 3.54. The van der Waals surface area contributed by atoms with Crippen molar-refractivity contribution in [2.45, 2.75) is 0 Å². The fraction of sp³-hybridized carbons (Fsp3) is 0. The molecule has 0 unspecified atom stereocenters. The predicted octanol–water partition coefficient (Wildman–Crippen LogP) is -1.76. The molecule has 0 saturated carbocycles. The SMILES string of the molecule is O=S(=O)([O-])F.O=S(=O)([O-])F.O=S(=O)([O-])F.[Ag+].[Ag+].[Ag+]. The molecule has 0 aliphatic rings.